The predicted molar refractivity (Wildman–Crippen MR) is 77.6 cm³/mol. The summed E-state index contributed by atoms with van der Waals surface area (Å²) in [5.41, 5.74) is 1.78. The van der Waals surface area contributed by atoms with Crippen LogP contribution in [-0.4, -0.2) is 34.4 Å². The molecule has 0 bridgehead atoms. The van der Waals surface area contributed by atoms with Crippen LogP contribution in [0, 0.1) is 0 Å². The predicted octanol–water partition coefficient (Wildman–Crippen LogP) is 1.64. The van der Waals surface area contributed by atoms with Gasteiger partial charge in [-0.05, 0) is 37.0 Å². The van der Waals surface area contributed by atoms with Crippen LogP contribution in [0.4, 0.5) is 0 Å². The van der Waals surface area contributed by atoms with Gasteiger partial charge in [-0.2, -0.15) is 0 Å². The Bertz CT molecular complexity index is 444. The smallest absolute Gasteiger partial charge is 0.251 e. The van der Waals surface area contributed by atoms with Crippen molar-refractivity contribution >= 4 is 5.91 Å². The number of hydrogen-bond donors (Lipinski definition) is 3. The largest absolute Gasteiger partial charge is 0.390 e. The Balaban J connectivity index is 2.01. The molecular formula is C16H23NO3. The molecule has 0 spiro atoms. The highest BCUT2D eigenvalue weighted by Crippen LogP contribution is 2.19. The molecule has 0 heterocycles. The molecular weight excluding hydrogens is 254 g/mol. The van der Waals surface area contributed by atoms with Crippen molar-refractivity contribution in [2.24, 2.45) is 0 Å². The maximum Gasteiger partial charge on any atom is 0.251 e. The summed E-state index contributed by atoms with van der Waals surface area (Å²) < 4.78 is 0. The lowest BCUT2D eigenvalue weighted by atomic mass is 10.0. The van der Waals surface area contributed by atoms with Crippen LogP contribution in [0.5, 0.6) is 0 Å². The first kappa shape index (κ1) is 15.0. The highest BCUT2D eigenvalue weighted by Gasteiger charge is 2.29. The normalized spacial score (nSPS) is 26.9. The van der Waals surface area contributed by atoms with Gasteiger partial charge in [-0.25, -0.2) is 0 Å². The maximum absolute atomic E-state index is 12.2. The molecule has 4 nitrogen and oxygen atoms in total. The van der Waals surface area contributed by atoms with E-state index in [0.29, 0.717) is 18.4 Å². The molecule has 0 saturated heterocycles. The van der Waals surface area contributed by atoms with Crippen LogP contribution in [-0.2, 0) is 6.42 Å². The number of carbonyl (C=O) groups is 1. The number of hydrogen-bond acceptors (Lipinski definition) is 3. The molecule has 0 unspecified atom stereocenters. The number of benzene rings is 1. The van der Waals surface area contributed by atoms with Gasteiger partial charge >= 0.3 is 0 Å². The summed E-state index contributed by atoms with van der Waals surface area (Å²) in [6.45, 7) is 2.07. The van der Waals surface area contributed by atoms with E-state index in [1.54, 1.807) is 12.1 Å². The van der Waals surface area contributed by atoms with Gasteiger partial charge in [0.1, 0.15) is 0 Å². The molecule has 3 atom stereocenters. The second kappa shape index (κ2) is 6.86. The van der Waals surface area contributed by atoms with Gasteiger partial charge < -0.3 is 15.5 Å². The number of aryl methyl sites for hydroxylation is 1. The molecule has 4 heteroatoms. The molecule has 1 aliphatic rings. The lowest BCUT2D eigenvalue weighted by Crippen LogP contribution is -2.47. The second-order valence-corrected chi connectivity index (χ2v) is 5.47. The molecule has 110 valence electrons. The summed E-state index contributed by atoms with van der Waals surface area (Å²) in [4.78, 5) is 12.2. The third-order valence-corrected chi connectivity index (χ3v) is 4.01. The van der Waals surface area contributed by atoms with Crippen molar-refractivity contribution < 1.29 is 15.0 Å². The number of aliphatic hydroxyl groups is 2. The van der Waals surface area contributed by atoms with Crippen molar-refractivity contribution in [2.75, 3.05) is 0 Å². The van der Waals surface area contributed by atoms with E-state index in [0.717, 1.165) is 19.3 Å². The Hall–Kier alpha value is -1.39. The van der Waals surface area contributed by atoms with Crippen molar-refractivity contribution in [2.45, 2.75) is 57.3 Å². The third-order valence-electron chi connectivity index (χ3n) is 4.01. The zero-order valence-electron chi connectivity index (χ0n) is 11.9. The Morgan fingerprint density at radius 2 is 1.85 bits per heavy atom. The van der Waals surface area contributed by atoms with E-state index in [2.05, 4.69) is 12.2 Å². The van der Waals surface area contributed by atoms with Crippen molar-refractivity contribution in [3.8, 4) is 0 Å². The second-order valence-electron chi connectivity index (χ2n) is 5.47. The number of aliphatic hydroxyl groups excluding tert-OH is 2. The third kappa shape index (κ3) is 3.58. The number of amides is 1. The first-order chi connectivity index (χ1) is 9.61. The average Bonchev–Trinajstić information content (AvgIpc) is 2.63. The summed E-state index contributed by atoms with van der Waals surface area (Å²) >= 11 is 0. The minimum Gasteiger partial charge on any atom is -0.390 e. The molecule has 0 radical (unpaired) electrons. The Kier molecular flexibility index (Phi) is 5.15. The molecule has 0 aromatic heterocycles. The van der Waals surface area contributed by atoms with Gasteiger partial charge in [0, 0.05) is 5.56 Å². The van der Waals surface area contributed by atoms with Crippen molar-refractivity contribution in [3.05, 3.63) is 35.4 Å². The van der Waals surface area contributed by atoms with E-state index < -0.39 is 12.2 Å². The quantitative estimate of drug-likeness (QED) is 0.736. The number of carbonyl (C=O) groups excluding carboxylic acids is 1. The van der Waals surface area contributed by atoms with Crippen molar-refractivity contribution in [3.63, 3.8) is 0 Å². The minimum atomic E-state index is -0.878. The lowest BCUT2D eigenvalue weighted by molar-refractivity contribution is -0.00124. The fraction of sp³-hybridized carbons (Fsp3) is 0.562. The fourth-order valence-electron chi connectivity index (χ4n) is 2.63. The first-order valence-corrected chi connectivity index (χ1v) is 7.37. The number of rotatable bonds is 3. The summed E-state index contributed by atoms with van der Waals surface area (Å²) in [6.07, 6.45) is 2.41. The molecule has 0 aliphatic heterocycles. The van der Waals surface area contributed by atoms with E-state index in [4.69, 9.17) is 0 Å². The van der Waals surface area contributed by atoms with E-state index in [9.17, 15) is 15.0 Å². The van der Waals surface area contributed by atoms with Crippen LogP contribution in [0.2, 0.25) is 0 Å². The topological polar surface area (TPSA) is 69.6 Å². The van der Waals surface area contributed by atoms with Gasteiger partial charge in [-0.1, -0.05) is 31.9 Å². The van der Waals surface area contributed by atoms with Gasteiger partial charge in [0.2, 0.25) is 0 Å². The van der Waals surface area contributed by atoms with Crippen LogP contribution in [0.15, 0.2) is 24.3 Å². The maximum atomic E-state index is 12.2. The van der Waals surface area contributed by atoms with Crippen LogP contribution >= 0.6 is 0 Å². The average molecular weight is 277 g/mol. The molecule has 1 saturated carbocycles. The standard InChI is InChI=1S/C16H23NO3/c1-2-11-7-9-12(10-8-11)16(20)17-13-5-3-4-6-14(18)15(13)19/h7-10,13-15,18-19H,2-6H2,1H3,(H,17,20)/t13-,14-,15-/m1/s1. The van der Waals surface area contributed by atoms with E-state index in [-0.39, 0.29) is 11.9 Å². The summed E-state index contributed by atoms with van der Waals surface area (Å²) in [5, 5.41) is 22.7. The van der Waals surface area contributed by atoms with Gasteiger partial charge in [0.15, 0.2) is 0 Å². The van der Waals surface area contributed by atoms with Crippen LogP contribution < -0.4 is 5.32 Å². The first-order valence-electron chi connectivity index (χ1n) is 7.37. The summed E-state index contributed by atoms with van der Waals surface area (Å²) in [7, 11) is 0. The van der Waals surface area contributed by atoms with Crippen LogP contribution in [0.1, 0.15) is 48.5 Å². The Morgan fingerprint density at radius 1 is 1.20 bits per heavy atom. The number of nitrogens with one attached hydrogen (secondary N) is 1. The van der Waals surface area contributed by atoms with Crippen molar-refractivity contribution in [1.82, 2.24) is 5.32 Å². The van der Waals surface area contributed by atoms with Gasteiger partial charge in [0.25, 0.3) is 5.91 Å². The minimum absolute atomic E-state index is 0.189. The molecule has 2 rings (SSSR count). The van der Waals surface area contributed by atoms with E-state index in [1.807, 2.05) is 12.1 Å². The fourth-order valence-corrected chi connectivity index (χ4v) is 2.63. The molecule has 1 aromatic carbocycles. The van der Waals surface area contributed by atoms with E-state index >= 15 is 0 Å². The SMILES string of the molecule is CCc1ccc(C(=O)N[C@@H]2CCCC[C@@H](O)[C@@H]2O)cc1. The summed E-state index contributed by atoms with van der Waals surface area (Å²) in [6, 6.07) is 7.10. The van der Waals surface area contributed by atoms with E-state index in [1.165, 1.54) is 5.56 Å². The Morgan fingerprint density at radius 3 is 2.50 bits per heavy atom. The lowest BCUT2D eigenvalue weighted by Gasteiger charge is -2.24. The Labute approximate surface area is 119 Å². The molecule has 1 aliphatic carbocycles. The summed E-state index contributed by atoms with van der Waals surface area (Å²) in [5.74, 6) is -0.189. The molecule has 20 heavy (non-hydrogen) atoms. The van der Waals surface area contributed by atoms with Gasteiger partial charge in [0.05, 0.1) is 18.2 Å². The highest BCUT2D eigenvalue weighted by atomic mass is 16.3. The van der Waals surface area contributed by atoms with Gasteiger partial charge in [-0.15, -0.1) is 0 Å². The zero-order valence-corrected chi connectivity index (χ0v) is 11.9. The van der Waals surface area contributed by atoms with Gasteiger partial charge in [-0.3, -0.25) is 4.79 Å². The molecule has 3 N–H and O–H groups in total. The molecule has 1 fully saturated rings. The zero-order chi connectivity index (χ0) is 14.5. The molecule has 1 amide bonds. The monoisotopic (exact) mass is 277 g/mol. The van der Waals surface area contributed by atoms with Crippen LogP contribution in [0.25, 0.3) is 0 Å². The van der Waals surface area contributed by atoms with Crippen molar-refractivity contribution in [1.29, 1.82) is 0 Å². The highest BCUT2D eigenvalue weighted by molar-refractivity contribution is 5.94. The van der Waals surface area contributed by atoms with Crippen LogP contribution in [0.3, 0.4) is 0 Å². The molecule has 1 aromatic rings.